The van der Waals surface area contributed by atoms with Gasteiger partial charge in [0.05, 0.1) is 4.90 Å². The van der Waals surface area contributed by atoms with E-state index in [9.17, 15) is 8.42 Å². The van der Waals surface area contributed by atoms with E-state index in [0.717, 1.165) is 0 Å². The fraction of sp³-hybridized carbons (Fsp3) is 0.0833. The maximum absolute atomic E-state index is 12.3. The van der Waals surface area contributed by atoms with E-state index in [4.69, 9.17) is 23.2 Å². The van der Waals surface area contributed by atoms with Gasteiger partial charge in [-0.15, -0.1) is 4.83 Å². The summed E-state index contributed by atoms with van der Waals surface area (Å²) in [6.07, 6.45) is 1.32. The third-order valence-electron chi connectivity index (χ3n) is 2.84. The molecule has 2 N–H and O–H groups in total. The summed E-state index contributed by atoms with van der Waals surface area (Å²) >= 11 is 11.7. The van der Waals surface area contributed by atoms with Gasteiger partial charge in [0.25, 0.3) is 15.8 Å². The largest absolute Gasteiger partial charge is 0.292 e. The topological polar surface area (TPSA) is 101 Å². The van der Waals surface area contributed by atoms with E-state index in [0.29, 0.717) is 17.3 Å². The quantitative estimate of drug-likeness (QED) is 0.679. The highest BCUT2D eigenvalue weighted by Gasteiger charge is 2.16. The molecule has 2 aromatic heterocycles. The fourth-order valence-corrected chi connectivity index (χ4v) is 3.46. The van der Waals surface area contributed by atoms with Crippen LogP contribution < -0.4 is 10.3 Å². The second kappa shape index (κ2) is 5.93. The average molecular weight is 373 g/mol. The van der Waals surface area contributed by atoms with Gasteiger partial charge in [-0.1, -0.05) is 23.2 Å². The van der Waals surface area contributed by atoms with E-state index in [1.54, 1.807) is 13.0 Å². The van der Waals surface area contributed by atoms with Crippen molar-refractivity contribution in [2.45, 2.75) is 11.8 Å². The van der Waals surface area contributed by atoms with Crippen LogP contribution in [-0.2, 0) is 10.0 Å². The Morgan fingerprint density at radius 2 is 1.83 bits per heavy atom. The van der Waals surface area contributed by atoms with Gasteiger partial charge in [-0.2, -0.15) is 14.6 Å². The van der Waals surface area contributed by atoms with Crippen LogP contribution in [0.2, 0.25) is 10.0 Å². The predicted molar refractivity (Wildman–Crippen MR) is 85.9 cm³/mol. The Labute approximate surface area is 141 Å². The normalized spacial score (nSPS) is 11.8. The number of nitrogens with one attached hydrogen (secondary N) is 2. The molecule has 0 aliphatic carbocycles. The first-order valence-electron chi connectivity index (χ1n) is 6.26. The van der Waals surface area contributed by atoms with Gasteiger partial charge in [0.1, 0.15) is 12.1 Å². The second-order valence-corrected chi connectivity index (χ2v) is 7.15. The lowest BCUT2D eigenvalue weighted by molar-refractivity contribution is 0.587. The summed E-state index contributed by atoms with van der Waals surface area (Å²) in [7, 11) is -3.88. The standard InChI is InChI=1S/C12H10Cl2N6O2S/c1-7-2-11(20-12(17-7)15-6-16-20)18-19-23(21,22)10-4-8(13)3-9(14)5-10/h2-6,18-19H,1H3. The SMILES string of the molecule is Cc1cc(NNS(=O)(=O)c2cc(Cl)cc(Cl)c2)n2ncnc2n1. The third kappa shape index (κ3) is 3.37. The van der Waals surface area contributed by atoms with E-state index in [-0.39, 0.29) is 14.9 Å². The molecule has 11 heteroatoms. The molecule has 0 unspecified atom stereocenters. The number of benzene rings is 1. The molecule has 0 radical (unpaired) electrons. The minimum Gasteiger partial charge on any atom is -0.292 e. The molecule has 120 valence electrons. The Balaban J connectivity index is 1.90. The first-order chi connectivity index (χ1) is 10.8. The molecule has 0 aliphatic rings. The molecule has 0 atom stereocenters. The highest BCUT2D eigenvalue weighted by atomic mass is 35.5. The Morgan fingerprint density at radius 1 is 1.13 bits per heavy atom. The fourth-order valence-electron chi connectivity index (χ4n) is 1.88. The molecule has 23 heavy (non-hydrogen) atoms. The van der Waals surface area contributed by atoms with Crippen molar-refractivity contribution >= 4 is 44.8 Å². The van der Waals surface area contributed by atoms with Crippen LogP contribution in [0.25, 0.3) is 5.78 Å². The van der Waals surface area contributed by atoms with Crippen LogP contribution in [0.5, 0.6) is 0 Å². The zero-order chi connectivity index (χ0) is 16.6. The summed E-state index contributed by atoms with van der Waals surface area (Å²) in [4.78, 5) is 10.3. The number of fused-ring (bicyclic) bond motifs is 1. The number of hydrogen-bond donors (Lipinski definition) is 2. The summed E-state index contributed by atoms with van der Waals surface area (Å²) in [5, 5.41) is 4.40. The van der Waals surface area contributed by atoms with Gasteiger partial charge in [-0.25, -0.2) is 13.4 Å². The molecule has 2 heterocycles. The van der Waals surface area contributed by atoms with Gasteiger partial charge >= 0.3 is 0 Å². The summed E-state index contributed by atoms with van der Waals surface area (Å²) in [6, 6.07) is 5.65. The first kappa shape index (κ1) is 15.9. The summed E-state index contributed by atoms with van der Waals surface area (Å²) in [5.41, 5.74) is 3.24. The molecular formula is C12H10Cl2N6O2S. The number of hydrazine groups is 1. The lowest BCUT2D eigenvalue weighted by Crippen LogP contribution is -2.30. The number of nitrogens with zero attached hydrogens (tertiary/aromatic N) is 4. The lowest BCUT2D eigenvalue weighted by Gasteiger charge is -2.11. The minimum absolute atomic E-state index is 0.0666. The molecular weight excluding hydrogens is 363 g/mol. The summed E-state index contributed by atoms with van der Waals surface area (Å²) in [6.45, 7) is 1.76. The van der Waals surface area contributed by atoms with Crippen molar-refractivity contribution in [2.24, 2.45) is 0 Å². The van der Waals surface area contributed by atoms with Crippen molar-refractivity contribution in [1.82, 2.24) is 24.4 Å². The number of halogens is 2. The molecule has 0 amide bonds. The van der Waals surface area contributed by atoms with Crippen LogP contribution in [-0.4, -0.2) is 28.0 Å². The summed E-state index contributed by atoms with van der Waals surface area (Å²) < 4.78 is 26.0. The number of rotatable bonds is 4. The highest BCUT2D eigenvalue weighted by Crippen LogP contribution is 2.22. The van der Waals surface area contributed by atoms with Gasteiger partial charge in [-0.3, -0.25) is 5.43 Å². The van der Waals surface area contributed by atoms with Crippen molar-refractivity contribution in [3.8, 4) is 0 Å². The second-order valence-electron chi connectivity index (χ2n) is 4.59. The van der Waals surface area contributed by atoms with Gasteiger partial charge < -0.3 is 0 Å². The third-order valence-corrected chi connectivity index (χ3v) is 4.50. The van der Waals surface area contributed by atoms with Crippen LogP contribution in [0.4, 0.5) is 5.82 Å². The molecule has 0 spiro atoms. The van der Waals surface area contributed by atoms with Crippen molar-refractivity contribution in [3.63, 3.8) is 0 Å². The van der Waals surface area contributed by atoms with E-state index in [1.807, 2.05) is 0 Å². The van der Waals surface area contributed by atoms with E-state index in [1.165, 1.54) is 29.0 Å². The number of aryl methyl sites for hydroxylation is 1. The van der Waals surface area contributed by atoms with Crippen LogP contribution in [0.15, 0.2) is 35.5 Å². The Morgan fingerprint density at radius 3 is 2.52 bits per heavy atom. The van der Waals surface area contributed by atoms with Crippen molar-refractivity contribution in [2.75, 3.05) is 5.43 Å². The molecule has 0 fully saturated rings. The van der Waals surface area contributed by atoms with Crippen LogP contribution in [0.1, 0.15) is 5.69 Å². The molecule has 0 bridgehead atoms. The molecule has 0 aliphatic heterocycles. The highest BCUT2D eigenvalue weighted by molar-refractivity contribution is 7.89. The Hall–Kier alpha value is -1.94. The zero-order valence-corrected chi connectivity index (χ0v) is 14.0. The van der Waals surface area contributed by atoms with Crippen LogP contribution in [0.3, 0.4) is 0 Å². The number of sulfonamides is 1. The molecule has 3 aromatic rings. The Bertz CT molecular complexity index is 968. The summed E-state index contributed by atoms with van der Waals surface area (Å²) in [5.74, 6) is 0.708. The number of aromatic nitrogens is 4. The lowest BCUT2D eigenvalue weighted by atomic mass is 10.4. The van der Waals surface area contributed by atoms with Gasteiger partial charge in [0.15, 0.2) is 0 Å². The number of hydrogen-bond acceptors (Lipinski definition) is 6. The molecule has 8 nitrogen and oxygen atoms in total. The minimum atomic E-state index is -3.88. The maximum Gasteiger partial charge on any atom is 0.257 e. The average Bonchev–Trinajstić information content (AvgIpc) is 2.92. The first-order valence-corrected chi connectivity index (χ1v) is 8.50. The monoisotopic (exact) mass is 372 g/mol. The maximum atomic E-state index is 12.3. The van der Waals surface area contributed by atoms with Crippen molar-refractivity contribution < 1.29 is 8.42 Å². The number of anilines is 1. The van der Waals surface area contributed by atoms with E-state index < -0.39 is 10.0 Å². The van der Waals surface area contributed by atoms with Gasteiger partial charge in [-0.05, 0) is 25.1 Å². The van der Waals surface area contributed by atoms with Crippen molar-refractivity contribution in [1.29, 1.82) is 0 Å². The van der Waals surface area contributed by atoms with E-state index in [2.05, 4.69) is 25.3 Å². The molecule has 1 aromatic carbocycles. The zero-order valence-electron chi connectivity index (χ0n) is 11.7. The van der Waals surface area contributed by atoms with Crippen LogP contribution >= 0.6 is 23.2 Å². The molecule has 3 rings (SSSR count). The molecule has 0 saturated carbocycles. The molecule has 0 saturated heterocycles. The van der Waals surface area contributed by atoms with Crippen molar-refractivity contribution in [3.05, 3.63) is 46.3 Å². The smallest absolute Gasteiger partial charge is 0.257 e. The van der Waals surface area contributed by atoms with Crippen LogP contribution in [0, 0.1) is 6.92 Å². The van der Waals surface area contributed by atoms with Gasteiger partial charge in [0, 0.05) is 21.8 Å². The van der Waals surface area contributed by atoms with E-state index >= 15 is 0 Å². The predicted octanol–water partition coefficient (Wildman–Crippen LogP) is 2.04. The Kier molecular flexibility index (Phi) is 4.11. The van der Waals surface area contributed by atoms with Gasteiger partial charge in [0.2, 0.25) is 0 Å².